The van der Waals surface area contributed by atoms with Gasteiger partial charge in [-0.15, -0.1) is 11.6 Å². The normalized spacial score (nSPS) is 11.4. The summed E-state index contributed by atoms with van der Waals surface area (Å²) in [5.74, 6) is -0.105. The molecule has 0 saturated heterocycles. The number of allylic oxidation sites excluding steroid dienone is 1. The van der Waals surface area contributed by atoms with Crippen molar-refractivity contribution in [2.24, 2.45) is 0 Å². The first-order chi connectivity index (χ1) is 9.24. The van der Waals surface area contributed by atoms with Gasteiger partial charge < -0.3 is 9.64 Å². The van der Waals surface area contributed by atoms with E-state index in [9.17, 15) is 4.79 Å². The fourth-order valence-corrected chi connectivity index (χ4v) is 2.05. The molecule has 0 N–H and O–H groups in total. The zero-order valence-electron chi connectivity index (χ0n) is 11.4. The Labute approximate surface area is 119 Å². The highest BCUT2D eigenvalue weighted by Gasteiger charge is 2.17. The van der Waals surface area contributed by atoms with E-state index in [1.807, 2.05) is 43.3 Å². The van der Waals surface area contributed by atoms with Crippen molar-refractivity contribution in [1.29, 1.82) is 0 Å². The molecule has 3 nitrogen and oxygen atoms in total. The van der Waals surface area contributed by atoms with Gasteiger partial charge in [0.25, 0.3) is 0 Å². The number of halogens is 1. The number of alkyl halides is 1. The molecule has 4 heteroatoms. The van der Waals surface area contributed by atoms with Gasteiger partial charge in [-0.3, -0.25) is 4.79 Å². The van der Waals surface area contributed by atoms with Gasteiger partial charge in [-0.25, -0.2) is 0 Å². The van der Waals surface area contributed by atoms with E-state index in [0.29, 0.717) is 13.2 Å². The fraction of sp³-hybridized carbons (Fsp3) is 0.400. The molecule has 0 aliphatic rings. The van der Waals surface area contributed by atoms with E-state index >= 15 is 0 Å². The quantitative estimate of drug-likeness (QED) is 0.568. The Morgan fingerprint density at radius 2 is 2.05 bits per heavy atom. The Hall–Kier alpha value is -1.32. The van der Waals surface area contributed by atoms with Gasteiger partial charge in [0.1, 0.15) is 5.88 Å². The molecule has 0 saturated carbocycles. The molecule has 0 atom stereocenters. The zero-order chi connectivity index (χ0) is 14.1. The molecule has 1 amide bonds. The SMILES string of the molecule is C/C=C(\c1ccccc1)N(CCCOC)C(=O)CCl. The molecule has 0 bridgehead atoms. The predicted molar refractivity (Wildman–Crippen MR) is 79.0 cm³/mol. The van der Waals surface area contributed by atoms with E-state index in [2.05, 4.69) is 0 Å². The fourth-order valence-electron chi connectivity index (χ4n) is 1.91. The van der Waals surface area contributed by atoms with E-state index in [1.54, 1.807) is 12.0 Å². The number of carbonyl (C=O) groups is 1. The van der Waals surface area contributed by atoms with Gasteiger partial charge in [0.2, 0.25) is 5.91 Å². The van der Waals surface area contributed by atoms with Gasteiger partial charge in [-0.2, -0.15) is 0 Å². The van der Waals surface area contributed by atoms with Crippen molar-refractivity contribution in [2.75, 3.05) is 26.1 Å². The maximum absolute atomic E-state index is 12.0. The summed E-state index contributed by atoms with van der Waals surface area (Å²) in [7, 11) is 1.65. The van der Waals surface area contributed by atoms with Crippen molar-refractivity contribution in [3.05, 3.63) is 42.0 Å². The largest absolute Gasteiger partial charge is 0.385 e. The number of hydrogen-bond donors (Lipinski definition) is 0. The first kappa shape index (κ1) is 15.7. The van der Waals surface area contributed by atoms with Gasteiger partial charge in [-0.05, 0) is 18.9 Å². The molecule has 104 valence electrons. The molecule has 0 spiro atoms. The van der Waals surface area contributed by atoms with E-state index in [1.165, 1.54) is 0 Å². The number of rotatable bonds is 7. The summed E-state index contributed by atoms with van der Waals surface area (Å²) in [5.41, 5.74) is 1.91. The highest BCUT2D eigenvalue weighted by Crippen LogP contribution is 2.20. The molecule has 0 aromatic heterocycles. The number of carbonyl (C=O) groups excluding carboxylic acids is 1. The number of amides is 1. The Balaban J connectivity index is 2.91. The lowest BCUT2D eigenvalue weighted by atomic mass is 10.1. The first-order valence-corrected chi connectivity index (χ1v) is 6.85. The Morgan fingerprint density at radius 1 is 1.37 bits per heavy atom. The van der Waals surface area contributed by atoms with Crippen molar-refractivity contribution >= 4 is 23.2 Å². The number of nitrogens with zero attached hydrogens (tertiary/aromatic N) is 1. The summed E-state index contributed by atoms with van der Waals surface area (Å²) in [6.07, 6.45) is 2.72. The van der Waals surface area contributed by atoms with Crippen LogP contribution in [0.5, 0.6) is 0 Å². The maximum atomic E-state index is 12.0. The topological polar surface area (TPSA) is 29.5 Å². The molecule has 0 aliphatic carbocycles. The van der Waals surface area contributed by atoms with Crippen LogP contribution in [-0.4, -0.2) is 36.9 Å². The number of ether oxygens (including phenoxy) is 1. The highest BCUT2D eigenvalue weighted by atomic mass is 35.5. The van der Waals surface area contributed by atoms with Crippen molar-refractivity contribution in [3.8, 4) is 0 Å². The minimum Gasteiger partial charge on any atom is -0.385 e. The molecule has 0 aliphatic heterocycles. The molecule has 1 aromatic rings. The average molecular weight is 282 g/mol. The third-order valence-corrected chi connectivity index (χ3v) is 3.01. The second-order valence-electron chi connectivity index (χ2n) is 4.07. The van der Waals surface area contributed by atoms with Crippen LogP contribution in [0, 0.1) is 0 Å². The summed E-state index contributed by atoms with van der Waals surface area (Å²) in [6.45, 7) is 3.15. The molecule has 1 rings (SSSR count). The van der Waals surface area contributed by atoms with E-state index in [0.717, 1.165) is 17.7 Å². The molecular weight excluding hydrogens is 262 g/mol. The predicted octanol–water partition coefficient (Wildman–Crippen LogP) is 3.15. The van der Waals surface area contributed by atoms with Crippen LogP contribution in [0.4, 0.5) is 0 Å². The van der Waals surface area contributed by atoms with Crippen molar-refractivity contribution in [2.45, 2.75) is 13.3 Å². The number of methoxy groups -OCH3 is 1. The first-order valence-electron chi connectivity index (χ1n) is 6.31. The van der Waals surface area contributed by atoms with E-state index in [4.69, 9.17) is 16.3 Å². The van der Waals surface area contributed by atoms with Gasteiger partial charge >= 0.3 is 0 Å². The van der Waals surface area contributed by atoms with Crippen LogP contribution in [0.15, 0.2) is 36.4 Å². The standard InChI is InChI=1S/C15H20ClNO2/c1-3-14(13-8-5-4-6-9-13)17(15(18)12-16)10-7-11-19-2/h3-6,8-9H,7,10-12H2,1-2H3/b14-3+. The highest BCUT2D eigenvalue weighted by molar-refractivity contribution is 6.27. The Kier molecular flexibility index (Phi) is 7.23. The Morgan fingerprint density at radius 3 is 2.58 bits per heavy atom. The van der Waals surface area contributed by atoms with Crippen LogP contribution in [0.2, 0.25) is 0 Å². The van der Waals surface area contributed by atoms with Crippen LogP contribution in [0.25, 0.3) is 5.70 Å². The van der Waals surface area contributed by atoms with Gasteiger partial charge in [0.15, 0.2) is 0 Å². The molecule has 1 aromatic carbocycles. The van der Waals surface area contributed by atoms with Crippen molar-refractivity contribution in [3.63, 3.8) is 0 Å². The molecule has 0 fully saturated rings. The van der Waals surface area contributed by atoms with Crippen molar-refractivity contribution < 1.29 is 9.53 Å². The second kappa shape index (κ2) is 8.73. The van der Waals surface area contributed by atoms with Crippen LogP contribution in [0.1, 0.15) is 18.9 Å². The lowest BCUT2D eigenvalue weighted by Crippen LogP contribution is -2.32. The third kappa shape index (κ3) is 4.69. The summed E-state index contributed by atoms with van der Waals surface area (Å²) in [4.78, 5) is 13.7. The monoisotopic (exact) mass is 281 g/mol. The lowest BCUT2D eigenvalue weighted by Gasteiger charge is -2.25. The minimum atomic E-state index is -0.0882. The summed E-state index contributed by atoms with van der Waals surface area (Å²) >= 11 is 5.70. The van der Waals surface area contributed by atoms with Crippen LogP contribution in [-0.2, 0) is 9.53 Å². The lowest BCUT2D eigenvalue weighted by molar-refractivity contribution is -0.125. The second-order valence-corrected chi connectivity index (χ2v) is 4.33. The minimum absolute atomic E-state index is 0.0167. The van der Waals surface area contributed by atoms with E-state index in [-0.39, 0.29) is 11.8 Å². The van der Waals surface area contributed by atoms with Gasteiger partial charge in [0, 0.05) is 26.0 Å². The van der Waals surface area contributed by atoms with Crippen LogP contribution in [0.3, 0.4) is 0 Å². The molecule has 0 heterocycles. The maximum Gasteiger partial charge on any atom is 0.241 e. The number of hydrogen-bond acceptors (Lipinski definition) is 2. The summed E-state index contributed by atoms with van der Waals surface area (Å²) < 4.78 is 5.03. The average Bonchev–Trinajstić information content (AvgIpc) is 2.47. The smallest absolute Gasteiger partial charge is 0.241 e. The molecule has 19 heavy (non-hydrogen) atoms. The summed E-state index contributed by atoms with van der Waals surface area (Å²) in [5, 5.41) is 0. The van der Waals surface area contributed by atoms with Crippen molar-refractivity contribution in [1.82, 2.24) is 4.90 Å². The van der Waals surface area contributed by atoms with Gasteiger partial charge in [0.05, 0.1) is 0 Å². The van der Waals surface area contributed by atoms with Gasteiger partial charge in [-0.1, -0.05) is 36.4 Å². The third-order valence-electron chi connectivity index (χ3n) is 2.78. The summed E-state index contributed by atoms with van der Waals surface area (Å²) in [6, 6.07) is 9.84. The number of benzene rings is 1. The molecule has 0 radical (unpaired) electrons. The zero-order valence-corrected chi connectivity index (χ0v) is 12.2. The molecular formula is C15H20ClNO2. The van der Waals surface area contributed by atoms with Crippen LogP contribution < -0.4 is 0 Å². The Bertz CT molecular complexity index is 417. The van der Waals surface area contributed by atoms with Crippen LogP contribution >= 0.6 is 11.6 Å². The van der Waals surface area contributed by atoms with E-state index < -0.39 is 0 Å². The molecule has 0 unspecified atom stereocenters.